The van der Waals surface area contributed by atoms with E-state index in [0.717, 1.165) is 6.07 Å². The molecule has 1 aromatic heterocycles. The fourth-order valence-corrected chi connectivity index (χ4v) is 3.34. The van der Waals surface area contributed by atoms with Gasteiger partial charge >= 0.3 is 0 Å². The number of aromatic nitrogens is 2. The van der Waals surface area contributed by atoms with Crippen LogP contribution in [0, 0.1) is 5.82 Å². The molecule has 0 bridgehead atoms. The summed E-state index contributed by atoms with van der Waals surface area (Å²) in [6, 6.07) is 11.0. The minimum atomic E-state index is -0.598. The van der Waals surface area contributed by atoms with Crippen LogP contribution in [0.1, 0.15) is 30.5 Å². The highest BCUT2D eigenvalue weighted by Gasteiger charge is 2.34. The molecular weight excluding hydrogens is 448 g/mol. The van der Waals surface area contributed by atoms with Gasteiger partial charge in [0.05, 0.1) is 5.02 Å². The molecule has 3 aromatic rings. The maximum absolute atomic E-state index is 13.4. The molecule has 1 aliphatic carbocycles. The number of ether oxygens (including phenoxy) is 2. The van der Waals surface area contributed by atoms with Gasteiger partial charge in [0, 0.05) is 23.0 Å². The zero-order valence-corrected chi connectivity index (χ0v) is 17.7. The molecule has 1 heterocycles. The molecule has 7 nitrogen and oxygen atoms in total. The van der Waals surface area contributed by atoms with Crippen molar-refractivity contribution in [2.24, 2.45) is 0 Å². The lowest BCUT2D eigenvalue weighted by atomic mass is 9.80. The van der Waals surface area contributed by atoms with E-state index in [4.69, 9.17) is 37.2 Å². The molecule has 1 N–H and O–H groups in total. The topological polar surface area (TPSA) is 86.5 Å². The Morgan fingerprint density at radius 3 is 2.61 bits per heavy atom. The van der Waals surface area contributed by atoms with Crippen molar-refractivity contribution >= 4 is 29.1 Å². The molecule has 0 atom stereocenters. The Bertz CT molecular complexity index is 1060. The number of rotatable bonds is 8. The van der Waals surface area contributed by atoms with E-state index in [0.29, 0.717) is 35.3 Å². The second kappa shape index (κ2) is 9.53. The van der Waals surface area contributed by atoms with Crippen LogP contribution >= 0.6 is 23.2 Å². The standard InChI is InChI=1S/C21H18Cl2FN3O4/c22-13-1-3-15(4-2-13)30-11-20-26-21(27-31-20)12-7-14(8-12)25-19(28)10-29-16-5-6-17(23)18(24)9-16/h1-6,9,12,14H,7-8,10-11H2,(H,25,28). The van der Waals surface area contributed by atoms with Gasteiger partial charge in [0.15, 0.2) is 19.0 Å². The van der Waals surface area contributed by atoms with Gasteiger partial charge in [-0.05, 0) is 49.2 Å². The number of hydrogen-bond acceptors (Lipinski definition) is 6. The normalized spacial score (nSPS) is 17.6. The van der Waals surface area contributed by atoms with Gasteiger partial charge in [-0.2, -0.15) is 4.98 Å². The summed E-state index contributed by atoms with van der Waals surface area (Å²) in [5, 5.41) is 7.49. The maximum Gasteiger partial charge on any atom is 0.264 e. The van der Waals surface area contributed by atoms with E-state index < -0.39 is 5.82 Å². The molecule has 0 radical (unpaired) electrons. The molecule has 0 unspecified atom stereocenters. The van der Waals surface area contributed by atoms with Gasteiger partial charge in [0.25, 0.3) is 11.8 Å². The fourth-order valence-electron chi connectivity index (χ4n) is 3.10. The third kappa shape index (κ3) is 5.65. The minimum absolute atomic E-state index is 0.00141. The van der Waals surface area contributed by atoms with E-state index in [1.807, 2.05) is 0 Å². The van der Waals surface area contributed by atoms with Crippen molar-refractivity contribution in [3.63, 3.8) is 0 Å². The maximum atomic E-state index is 13.4. The third-order valence-corrected chi connectivity index (χ3v) is 5.35. The largest absolute Gasteiger partial charge is 0.484 e. The van der Waals surface area contributed by atoms with E-state index in [2.05, 4.69) is 15.5 Å². The quantitative estimate of drug-likeness (QED) is 0.525. The molecule has 162 valence electrons. The van der Waals surface area contributed by atoms with Crippen molar-refractivity contribution in [1.29, 1.82) is 0 Å². The Hall–Kier alpha value is -2.84. The van der Waals surface area contributed by atoms with Crippen molar-refractivity contribution in [1.82, 2.24) is 15.5 Å². The van der Waals surface area contributed by atoms with E-state index in [9.17, 15) is 9.18 Å². The highest BCUT2D eigenvalue weighted by Crippen LogP contribution is 2.35. The van der Waals surface area contributed by atoms with E-state index in [1.165, 1.54) is 12.1 Å². The van der Waals surface area contributed by atoms with Crippen molar-refractivity contribution < 1.29 is 23.2 Å². The zero-order chi connectivity index (χ0) is 21.8. The number of halogens is 3. The molecule has 0 spiro atoms. The summed E-state index contributed by atoms with van der Waals surface area (Å²) in [6.07, 6.45) is 1.39. The Balaban J connectivity index is 1.18. The lowest BCUT2D eigenvalue weighted by molar-refractivity contribution is -0.124. The van der Waals surface area contributed by atoms with Crippen molar-refractivity contribution in [2.45, 2.75) is 31.4 Å². The number of amides is 1. The number of carbonyl (C=O) groups is 1. The number of carbonyl (C=O) groups excluding carboxylic acids is 1. The first-order chi connectivity index (χ1) is 15.0. The molecular formula is C21H18Cl2FN3O4. The van der Waals surface area contributed by atoms with Gasteiger partial charge in [0.1, 0.15) is 17.3 Å². The van der Waals surface area contributed by atoms with Crippen molar-refractivity contribution in [3.8, 4) is 11.5 Å². The summed E-state index contributed by atoms with van der Waals surface area (Å²) in [5.41, 5.74) is 0. The van der Waals surface area contributed by atoms with Gasteiger partial charge in [-0.15, -0.1) is 0 Å². The Labute approximate surface area is 187 Å². The summed E-state index contributed by atoms with van der Waals surface area (Å²) in [7, 11) is 0. The molecule has 1 fully saturated rings. The molecule has 1 amide bonds. The monoisotopic (exact) mass is 465 g/mol. The van der Waals surface area contributed by atoms with Crippen LogP contribution in [0.2, 0.25) is 10.0 Å². The minimum Gasteiger partial charge on any atom is -0.484 e. The van der Waals surface area contributed by atoms with Gasteiger partial charge in [0.2, 0.25) is 0 Å². The van der Waals surface area contributed by atoms with Crippen LogP contribution < -0.4 is 14.8 Å². The van der Waals surface area contributed by atoms with Crippen molar-refractivity contribution in [3.05, 3.63) is 70.0 Å². The van der Waals surface area contributed by atoms with Crippen LogP contribution in [-0.4, -0.2) is 28.7 Å². The summed E-state index contributed by atoms with van der Waals surface area (Å²) >= 11 is 11.5. The SMILES string of the molecule is O=C(COc1ccc(Cl)c(F)c1)NC1CC(c2noc(COc3ccc(Cl)cc3)n2)C1. The Morgan fingerprint density at radius 1 is 1.13 bits per heavy atom. The first-order valence-electron chi connectivity index (χ1n) is 9.54. The summed E-state index contributed by atoms with van der Waals surface area (Å²) in [4.78, 5) is 16.4. The molecule has 1 saturated carbocycles. The van der Waals surface area contributed by atoms with Crippen LogP contribution in [0.3, 0.4) is 0 Å². The smallest absolute Gasteiger partial charge is 0.264 e. The lowest BCUT2D eigenvalue weighted by Gasteiger charge is -2.33. The predicted octanol–water partition coefficient (Wildman–Crippen LogP) is 4.54. The third-order valence-electron chi connectivity index (χ3n) is 4.79. The average Bonchev–Trinajstić information content (AvgIpc) is 3.19. The van der Waals surface area contributed by atoms with E-state index >= 15 is 0 Å². The number of hydrogen-bond donors (Lipinski definition) is 1. The van der Waals surface area contributed by atoms with Gasteiger partial charge in [-0.3, -0.25) is 4.79 Å². The molecule has 0 saturated heterocycles. The Kier molecular flexibility index (Phi) is 6.58. The summed E-state index contributed by atoms with van der Waals surface area (Å²) in [6.45, 7) is -0.0548. The number of nitrogens with zero attached hydrogens (tertiary/aromatic N) is 2. The molecule has 1 aliphatic rings. The van der Waals surface area contributed by atoms with Crippen LogP contribution in [0.25, 0.3) is 0 Å². The molecule has 10 heteroatoms. The van der Waals surface area contributed by atoms with Crippen LogP contribution in [0.5, 0.6) is 11.5 Å². The lowest BCUT2D eigenvalue weighted by Crippen LogP contribution is -2.45. The van der Waals surface area contributed by atoms with E-state index in [1.54, 1.807) is 24.3 Å². The zero-order valence-electron chi connectivity index (χ0n) is 16.2. The number of nitrogens with one attached hydrogen (secondary N) is 1. The highest BCUT2D eigenvalue weighted by atomic mass is 35.5. The molecule has 2 aromatic carbocycles. The number of benzene rings is 2. The van der Waals surface area contributed by atoms with Gasteiger partial charge in [-0.1, -0.05) is 28.4 Å². The second-order valence-corrected chi connectivity index (χ2v) is 7.93. The average molecular weight is 466 g/mol. The summed E-state index contributed by atoms with van der Waals surface area (Å²) in [5.74, 6) is 1.07. The second-order valence-electron chi connectivity index (χ2n) is 7.09. The van der Waals surface area contributed by atoms with E-state index in [-0.39, 0.29) is 41.9 Å². The van der Waals surface area contributed by atoms with Crippen molar-refractivity contribution in [2.75, 3.05) is 6.61 Å². The molecule has 0 aliphatic heterocycles. The highest BCUT2D eigenvalue weighted by molar-refractivity contribution is 6.30. The van der Waals surface area contributed by atoms with Gasteiger partial charge in [-0.25, -0.2) is 4.39 Å². The van der Waals surface area contributed by atoms with Gasteiger partial charge < -0.3 is 19.3 Å². The Morgan fingerprint density at radius 2 is 1.87 bits per heavy atom. The molecule has 31 heavy (non-hydrogen) atoms. The van der Waals surface area contributed by atoms with Crippen LogP contribution in [-0.2, 0) is 11.4 Å². The first-order valence-corrected chi connectivity index (χ1v) is 10.3. The summed E-state index contributed by atoms with van der Waals surface area (Å²) < 4.78 is 29.5. The fraction of sp³-hybridized carbons (Fsp3) is 0.286. The van der Waals surface area contributed by atoms with Crippen LogP contribution in [0.15, 0.2) is 47.0 Å². The predicted molar refractivity (Wildman–Crippen MR) is 111 cm³/mol. The first kappa shape index (κ1) is 21.4. The van der Waals surface area contributed by atoms with Crippen LogP contribution in [0.4, 0.5) is 4.39 Å². The molecule has 4 rings (SSSR count).